The molecule has 0 saturated heterocycles. The molecule has 0 bridgehead atoms. The first-order valence-corrected chi connectivity index (χ1v) is 25.2. The average Bonchev–Trinajstić information content (AvgIpc) is 3.36. The predicted molar refractivity (Wildman–Crippen MR) is 266 cm³/mol. The molecule has 0 amide bonds. The molecule has 0 aliphatic heterocycles. The van der Waals surface area contributed by atoms with Crippen molar-refractivity contribution in [3.8, 4) is 11.5 Å². The summed E-state index contributed by atoms with van der Waals surface area (Å²) in [7, 11) is -3.42. The Hall–Kier alpha value is -7.64. The molecule has 0 spiro atoms. The van der Waals surface area contributed by atoms with Crippen LogP contribution in [-0.4, -0.2) is 81.2 Å². The van der Waals surface area contributed by atoms with Gasteiger partial charge in [-0.25, -0.2) is 16.8 Å². The summed E-state index contributed by atoms with van der Waals surface area (Å²) in [5, 5.41) is 9.39. The number of fused-ring (bicyclic) bond motifs is 2. The second kappa shape index (κ2) is 20.7. The number of benzene rings is 6. The highest BCUT2D eigenvalue weighted by Crippen LogP contribution is 2.41. The van der Waals surface area contributed by atoms with Gasteiger partial charge in [0.15, 0.2) is 19.7 Å². The van der Waals surface area contributed by atoms with Crippen molar-refractivity contribution >= 4 is 54.8 Å². The molecule has 13 nitrogen and oxygen atoms in total. The maximum absolute atomic E-state index is 11.8. The van der Waals surface area contributed by atoms with Crippen LogP contribution in [0, 0.1) is 0 Å². The molecule has 0 heterocycles. The normalized spacial score (nSPS) is 13.1. The summed E-state index contributed by atoms with van der Waals surface area (Å²) in [4.78, 5) is 29.5. The Morgan fingerprint density at radius 2 is 0.841 bits per heavy atom. The lowest BCUT2D eigenvalue weighted by Crippen LogP contribution is -2.26. The summed E-state index contributed by atoms with van der Waals surface area (Å²) >= 11 is 0. The van der Waals surface area contributed by atoms with Gasteiger partial charge in [-0.15, -0.1) is 0 Å². The summed E-state index contributed by atoms with van der Waals surface area (Å²) in [6.45, 7) is 6.80. The van der Waals surface area contributed by atoms with E-state index in [2.05, 4.69) is 91.0 Å². The van der Waals surface area contributed by atoms with E-state index in [0.717, 1.165) is 29.6 Å². The summed E-state index contributed by atoms with van der Waals surface area (Å²) < 4.78 is 57.0. The van der Waals surface area contributed by atoms with E-state index >= 15 is 0 Å². The van der Waals surface area contributed by atoms with Gasteiger partial charge in [0.25, 0.3) is 11.6 Å². The molecule has 15 heteroatoms. The van der Waals surface area contributed by atoms with Crippen LogP contribution in [0.5, 0.6) is 11.5 Å². The summed E-state index contributed by atoms with van der Waals surface area (Å²) in [6.07, 6.45) is 7.66. The molecule has 0 fully saturated rings. The first-order chi connectivity index (χ1) is 32.7. The van der Waals surface area contributed by atoms with E-state index in [1.54, 1.807) is 14.2 Å². The molecule has 6 aromatic rings. The highest BCUT2D eigenvalue weighted by atomic mass is 32.2. The molecular weight excluding hydrogens is 913 g/mol. The molecule has 0 atom stereocenters. The molecule has 8 rings (SSSR count). The fourth-order valence-electron chi connectivity index (χ4n) is 8.15. The number of hydrogen-bond donors (Lipinski definition) is 1. The van der Waals surface area contributed by atoms with Crippen molar-refractivity contribution in [3.05, 3.63) is 212 Å². The van der Waals surface area contributed by atoms with Crippen molar-refractivity contribution in [2.75, 3.05) is 26.7 Å². The monoisotopic (exact) mass is 962 g/mol. The SMILES string of the molecule is COc1ccc(C(C)(c2ccc(OC)cc2)c2ccc(C(C)(C)c3ccc(CO)cc3)cc2)cc1.CS(=O)(=O)c1cccc2c1C=CC(=[N+]=[N-])C2=O.CS(=O)(=O)c1cccc2c1C=CC(=[N+]=[N-])C2=O. The Kier molecular flexibility index (Phi) is 15.2. The fraction of sp³-hybridized carbons (Fsp3) is 0.185. The zero-order valence-corrected chi connectivity index (χ0v) is 40.7. The number of aliphatic hydroxyl groups excluding tert-OH is 1. The number of rotatable bonds is 10. The van der Waals surface area contributed by atoms with Crippen molar-refractivity contribution in [2.24, 2.45) is 0 Å². The Morgan fingerprint density at radius 3 is 1.16 bits per heavy atom. The first-order valence-electron chi connectivity index (χ1n) is 21.4. The number of ketones is 2. The van der Waals surface area contributed by atoms with E-state index < -0.39 is 31.2 Å². The van der Waals surface area contributed by atoms with Crippen LogP contribution in [0.3, 0.4) is 0 Å². The Morgan fingerprint density at radius 1 is 0.507 bits per heavy atom. The second-order valence-electron chi connectivity index (χ2n) is 16.9. The lowest BCUT2D eigenvalue weighted by molar-refractivity contribution is -0.00459. The van der Waals surface area contributed by atoms with E-state index in [0.29, 0.717) is 11.1 Å². The lowest BCUT2D eigenvalue weighted by Gasteiger charge is -2.33. The minimum absolute atomic E-state index is 0.0602. The predicted octanol–water partition coefficient (Wildman–Crippen LogP) is 8.82. The van der Waals surface area contributed by atoms with Gasteiger partial charge in [-0.1, -0.05) is 111 Å². The Balaban J connectivity index is 0.000000191. The van der Waals surface area contributed by atoms with Crippen molar-refractivity contribution in [2.45, 2.75) is 48.0 Å². The maximum atomic E-state index is 11.8. The van der Waals surface area contributed by atoms with Crippen LogP contribution in [-0.2, 0) is 37.1 Å². The van der Waals surface area contributed by atoms with Gasteiger partial charge in [0.1, 0.15) is 11.5 Å². The van der Waals surface area contributed by atoms with Crippen molar-refractivity contribution in [1.82, 2.24) is 0 Å². The van der Waals surface area contributed by atoms with Crippen molar-refractivity contribution < 1.29 is 50.6 Å². The molecule has 69 heavy (non-hydrogen) atoms. The molecule has 0 radical (unpaired) electrons. The number of ether oxygens (including phenoxy) is 2. The molecular formula is C54H50N4O9S2. The van der Waals surface area contributed by atoms with Gasteiger partial charge in [0, 0.05) is 57.7 Å². The van der Waals surface area contributed by atoms with Crippen LogP contribution in [0.4, 0.5) is 0 Å². The standard InChI is InChI=1S/C32H34O3.2C11H8N2O3S/c1-31(2,24-8-6-23(22-33)7-9-24)25-10-12-26(13-11-25)32(3,27-14-18-29(34-4)19-15-27)28-16-20-30(35-5)21-17-28;2*1-17(15,16)10-4-2-3-8-7(10)5-6-9(13-12)11(8)14/h6-21,33H,22H2,1-5H3;2*2-6H,1H3. The van der Waals surface area contributed by atoms with Crippen molar-refractivity contribution in [1.29, 1.82) is 0 Å². The number of allylic oxidation sites excluding steroid dienone is 2. The lowest BCUT2D eigenvalue weighted by atomic mass is 9.70. The number of nitrogens with zero attached hydrogens (tertiary/aromatic N) is 4. The quantitative estimate of drug-likeness (QED) is 0.0788. The van der Waals surface area contributed by atoms with Crippen LogP contribution in [0.15, 0.2) is 155 Å². The van der Waals surface area contributed by atoms with E-state index in [1.807, 2.05) is 36.4 Å². The number of methoxy groups -OCH3 is 2. The molecule has 2 aliphatic rings. The third kappa shape index (κ3) is 10.7. The molecule has 2 aliphatic carbocycles. The molecule has 6 aromatic carbocycles. The average molecular weight is 963 g/mol. The molecule has 0 aromatic heterocycles. The summed E-state index contributed by atoms with van der Waals surface area (Å²) in [5.74, 6) is 0.705. The van der Waals surface area contributed by atoms with Gasteiger partial charge in [-0.2, -0.15) is 9.58 Å². The van der Waals surface area contributed by atoms with Gasteiger partial charge in [-0.3, -0.25) is 9.59 Å². The Labute approximate surface area is 402 Å². The van der Waals surface area contributed by atoms with Gasteiger partial charge in [0.05, 0.1) is 30.6 Å². The van der Waals surface area contributed by atoms with E-state index in [4.69, 9.17) is 20.5 Å². The highest BCUT2D eigenvalue weighted by molar-refractivity contribution is 7.91. The zero-order chi connectivity index (χ0) is 50.3. The van der Waals surface area contributed by atoms with Gasteiger partial charge < -0.3 is 25.6 Å². The summed E-state index contributed by atoms with van der Waals surface area (Å²) in [6, 6.07) is 42.7. The number of sulfone groups is 2. The van der Waals surface area contributed by atoms with Crippen LogP contribution in [0.1, 0.15) is 86.0 Å². The second-order valence-corrected chi connectivity index (χ2v) is 20.9. The third-order valence-corrected chi connectivity index (χ3v) is 14.6. The van der Waals surface area contributed by atoms with Gasteiger partial charge in [-0.05, 0) is 88.9 Å². The molecule has 0 saturated carbocycles. The Bertz CT molecular complexity index is 3160. The van der Waals surface area contributed by atoms with Gasteiger partial charge in [0.2, 0.25) is 0 Å². The first kappa shape index (κ1) is 50.8. The maximum Gasteiger partial charge on any atom is 0.362 e. The minimum Gasteiger partial charge on any atom is -0.497 e. The van der Waals surface area contributed by atoms with Crippen LogP contribution in [0.25, 0.3) is 23.2 Å². The van der Waals surface area contributed by atoms with E-state index in [1.165, 1.54) is 88.5 Å². The van der Waals surface area contributed by atoms with Crippen molar-refractivity contribution in [3.63, 3.8) is 0 Å². The van der Waals surface area contributed by atoms with Crippen LogP contribution in [0.2, 0.25) is 0 Å². The number of carbonyl (C=O) groups is 2. The van der Waals surface area contributed by atoms with E-state index in [-0.39, 0.29) is 49.8 Å². The smallest absolute Gasteiger partial charge is 0.362 e. The number of carbonyl (C=O) groups excluding carboxylic acids is 2. The number of hydrogen-bond acceptors (Lipinski definition) is 9. The molecule has 1 N–H and O–H groups in total. The van der Waals surface area contributed by atoms with Gasteiger partial charge >= 0.3 is 11.4 Å². The van der Waals surface area contributed by atoms with E-state index in [9.17, 15) is 31.5 Å². The molecule has 0 unspecified atom stereocenters. The fourth-order valence-corrected chi connectivity index (χ4v) is 9.95. The van der Waals surface area contributed by atoms with Crippen LogP contribution < -0.4 is 9.47 Å². The largest absolute Gasteiger partial charge is 0.497 e. The van der Waals surface area contributed by atoms with Crippen LogP contribution >= 0.6 is 0 Å². The number of Topliss-reactive ketones (excluding diaryl/α,β-unsaturated/α-hetero) is 2. The zero-order valence-electron chi connectivity index (χ0n) is 39.0. The molecule has 352 valence electrons. The topological polar surface area (TPSA) is 214 Å². The third-order valence-electron chi connectivity index (χ3n) is 12.3. The minimum atomic E-state index is -3.40. The number of aliphatic hydroxyl groups is 1. The highest BCUT2D eigenvalue weighted by Gasteiger charge is 2.33. The summed E-state index contributed by atoms with van der Waals surface area (Å²) in [5.41, 5.74) is 24.6.